The summed E-state index contributed by atoms with van der Waals surface area (Å²) in [6, 6.07) is 2.49. The van der Waals surface area contributed by atoms with Crippen LogP contribution in [-0.4, -0.2) is 13.0 Å². The molecule has 2 N–H and O–H groups in total. The van der Waals surface area contributed by atoms with Crippen LogP contribution in [0.3, 0.4) is 0 Å². The molecular weight excluding hydrogens is 253 g/mol. The van der Waals surface area contributed by atoms with Crippen molar-refractivity contribution in [1.29, 1.82) is 0 Å². The van der Waals surface area contributed by atoms with Crippen LogP contribution >= 0.6 is 11.6 Å². The molecule has 14 heavy (non-hydrogen) atoms. The molecule has 72 valence electrons. The van der Waals surface area contributed by atoms with Gasteiger partial charge in [0, 0.05) is 10.7 Å². The van der Waals surface area contributed by atoms with Crippen LogP contribution in [0.25, 0.3) is 0 Å². The molecule has 0 unspecified atom stereocenters. The second-order valence-electron chi connectivity index (χ2n) is 2.57. The zero-order valence-electron chi connectivity index (χ0n) is 7.74. The Balaban J connectivity index is 0.00000169. The molecule has 0 fully saturated rings. The smallest absolute Gasteiger partial charge is 0.744 e. The summed E-state index contributed by atoms with van der Waals surface area (Å²) in [5, 5.41) is 0.137. The first-order valence-electron chi connectivity index (χ1n) is 3.34. The van der Waals surface area contributed by atoms with Gasteiger partial charge in [0.15, 0.2) is 0 Å². The molecule has 1 aromatic rings. The summed E-state index contributed by atoms with van der Waals surface area (Å²) in [4.78, 5) is -0.363. The second-order valence-corrected chi connectivity index (χ2v) is 4.36. The molecule has 0 saturated carbocycles. The van der Waals surface area contributed by atoms with Gasteiger partial charge in [-0.1, -0.05) is 11.6 Å². The fraction of sp³-hybridized carbons (Fsp3) is 0.143. The largest absolute Gasteiger partial charge is 1.00 e. The Morgan fingerprint density at radius 2 is 1.93 bits per heavy atom. The molecule has 0 spiro atoms. The Kier molecular flexibility index (Phi) is 5.59. The maximum absolute atomic E-state index is 10.7. The molecule has 0 radical (unpaired) electrons. The average Bonchev–Trinajstić information content (AvgIpc) is 1.94. The van der Waals surface area contributed by atoms with Gasteiger partial charge in [-0.3, -0.25) is 0 Å². The Bertz CT molecular complexity index is 446. The van der Waals surface area contributed by atoms with Crippen LogP contribution in [0.15, 0.2) is 17.0 Å². The van der Waals surface area contributed by atoms with Gasteiger partial charge < -0.3 is 10.3 Å². The zero-order chi connectivity index (χ0) is 10.2. The minimum atomic E-state index is -4.49. The predicted molar refractivity (Wildman–Crippen MR) is 48.6 cm³/mol. The minimum absolute atomic E-state index is 0. The van der Waals surface area contributed by atoms with Crippen molar-refractivity contribution in [2.75, 3.05) is 5.73 Å². The van der Waals surface area contributed by atoms with E-state index < -0.39 is 10.1 Å². The summed E-state index contributed by atoms with van der Waals surface area (Å²) in [5.41, 5.74) is 5.86. The molecule has 0 aliphatic rings. The normalized spacial score (nSPS) is 10.8. The van der Waals surface area contributed by atoms with E-state index in [9.17, 15) is 13.0 Å². The van der Waals surface area contributed by atoms with Crippen molar-refractivity contribution in [3.8, 4) is 0 Å². The molecule has 0 atom stereocenters. The molecule has 0 amide bonds. The van der Waals surface area contributed by atoms with Gasteiger partial charge in [0.05, 0.1) is 4.90 Å². The van der Waals surface area contributed by atoms with E-state index in [0.717, 1.165) is 6.07 Å². The molecule has 0 aliphatic carbocycles. The molecule has 0 aliphatic heterocycles. The third kappa shape index (κ3) is 3.46. The summed E-state index contributed by atoms with van der Waals surface area (Å²) < 4.78 is 32.1. The summed E-state index contributed by atoms with van der Waals surface area (Å²) in [7, 11) is -4.49. The molecular formula is C7H7ClKNO3S. The van der Waals surface area contributed by atoms with Crippen molar-refractivity contribution >= 4 is 27.4 Å². The van der Waals surface area contributed by atoms with Crippen molar-refractivity contribution in [3.63, 3.8) is 0 Å². The first-order chi connectivity index (χ1) is 5.82. The van der Waals surface area contributed by atoms with Crippen LogP contribution in [0.1, 0.15) is 5.56 Å². The number of rotatable bonds is 1. The van der Waals surface area contributed by atoms with Crippen molar-refractivity contribution in [2.45, 2.75) is 11.8 Å². The summed E-state index contributed by atoms with van der Waals surface area (Å²) in [5.74, 6) is 0. The number of hydrogen-bond acceptors (Lipinski definition) is 4. The zero-order valence-corrected chi connectivity index (χ0v) is 12.4. The quantitative estimate of drug-likeness (QED) is 0.364. The van der Waals surface area contributed by atoms with Crippen molar-refractivity contribution in [3.05, 3.63) is 22.7 Å². The Hall–Kier alpha value is 0.856. The van der Waals surface area contributed by atoms with E-state index in [-0.39, 0.29) is 72.6 Å². The van der Waals surface area contributed by atoms with Crippen LogP contribution in [-0.2, 0) is 10.1 Å². The average molecular weight is 260 g/mol. The number of nitrogens with two attached hydrogens (primary N) is 1. The number of anilines is 1. The van der Waals surface area contributed by atoms with E-state index >= 15 is 0 Å². The number of benzene rings is 1. The summed E-state index contributed by atoms with van der Waals surface area (Å²) in [6.07, 6.45) is 0. The van der Waals surface area contributed by atoms with E-state index in [1.54, 1.807) is 0 Å². The first-order valence-corrected chi connectivity index (χ1v) is 5.12. The molecule has 1 rings (SSSR count). The van der Waals surface area contributed by atoms with Crippen LogP contribution in [0.5, 0.6) is 0 Å². The van der Waals surface area contributed by atoms with E-state index in [1.165, 1.54) is 13.0 Å². The monoisotopic (exact) mass is 259 g/mol. The van der Waals surface area contributed by atoms with Crippen molar-refractivity contribution in [1.82, 2.24) is 0 Å². The SMILES string of the molecule is Cc1c(N)cc(Cl)cc1S(=O)(=O)[O-].[K+]. The maximum Gasteiger partial charge on any atom is 1.00 e. The molecule has 7 heteroatoms. The van der Waals surface area contributed by atoms with Crippen molar-refractivity contribution < 1.29 is 64.4 Å². The van der Waals surface area contributed by atoms with Gasteiger partial charge in [-0.05, 0) is 24.6 Å². The Morgan fingerprint density at radius 3 is 2.36 bits per heavy atom. The Labute approximate surface area is 130 Å². The molecule has 0 bridgehead atoms. The minimum Gasteiger partial charge on any atom is -0.744 e. The molecule has 0 heterocycles. The molecule has 1 aromatic carbocycles. The fourth-order valence-corrected chi connectivity index (χ4v) is 1.99. The molecule has 4 nitrogen and oxygen atoms in total. The van der Waals surface area contributed by atoms with E-state index in [1.807, 2.05) is 0 Å². The van der Waals surface area contributed by atoms with E-state index in [2.05, 4.69) is 0 Å². The van der Waals surface area contributed by atoms with Gasteiger partial charge in [-0.15, -0.1) is 0 Å². The van der Waals surface area contributed by atoms with Crippen LogP contribution in [0.2, 0.25) is 5.02 Å². The topological polar surface area (TPSA) is 83.2 Å². The fourth-order valence-electron chi connectivity index (χ4n) is 0.934. The van der Waals surface area contributed by atoms with Gasteiger partial charge in [0.1, 0.15) is 10.1 Å². The van der Waals surface area contributed by atoms with Crippen LogP contribution in [0.4, 0.5) is 5.69 Å². The molecule has 0 aromatic heterocycles. The second kappa shape index (κ2) is 5.27. The van der Waals surface area contributed by atoms with Gasteiger partial charge in [-0.2, -0.15) is 0 Å². The van der Waals surface area contributed by atoms with Gasteiger partial charge in [-0.25, -0.2) is 8.42 Å². The standard InChI is InChI=1S/C7H8ClNO3S.K/c1-4-6(9)2-5(8)3-7(4)13(10,11)12;/h2-3H,9H2,1H3,(H,10,11,12);/q;+1/p-1. The van der Waals surface area contributed by atoms with Gasteiger partial charge in [0.2, 0.25) is 0 Å². The van der Waals surface area contributed by atoms with E-state index in [0.29, 0.717) is 0 Å². The number of halogens is 1. The Morgan fingerprint density at radius 1 is 1.43 bits per heavy atom. The van der Waals surface area contributed by atoms with Gasteiger partial charge in [0.25, 0.3) is 0 Å². The third-order valence-electron chi connectivity index (χ3n) is 1.63. The molecule has 0 saturated heterocycles. The summed E-state index contributed by atoms with van der Waals surface area (Å²) in [6.45, 7) is 1.45. The first kappa shape index (κ1) is 14.9. The van der Waals surface area contributed by atoms with Crippen LogP contribution < -0.4 is 57.1 Å². The van der Waals surface area contributed by atoms with Crippen LogP contribution in [0, 0.1) is 6.92 Å². The predicted octanol–water partition coefficient (Wildman–Crippen LogP) is -1.86. The van der Waals surface area contributed by atoms with Gasteiger partial charge >= 0.3 is 51.4 Å². The third-order valence-corrected chi connectivity index (χ3v) is 2.82. The maximum atomic E-state index is 10.7. The summed E-state index contributed by atoms with van der Waals surface area (Å²) >= 11 is 5.54. The van der Waals surface area contributed by atoms with E-state index in [4.69, 9.17) is 17.3 Å². The number of nitrogen functional groups attached to an aromatic ring is 1. The van der Waals surface area contributed by atoms with Crippen molar-refractivity contribution in [2.24, 2.45) is 0 Å². The number of hydrogen-bond donors (Lipinski definition) is 1.